The molecule has 1 aliphatic heterocycles. The Morgan fingerprint density at radius 2 is 1.62 bits per heavy atom. The van der Waals surface area contributed by atoms with Crippen LogP contribution in [0.1, 0.15) is 33.7 Å². The fourth-order valence-electron chi connectivity index (χ4n) is 3.87. The van der Waals surface area contributed by atoms with Crippen molar-refractivity contribution in [3.05, 3.63) is 91.6 Å². The van der Waals surface area contributed by atoms with Gasteiger partial charge in [-0.3, -0.25) is 4.90 Å². The molecule has 1 unspecified atom stereocenters. The first-order valence-corrected chi connectivity index (χ1v) is 11.7. The third-order valence-corrected chi connectivity index (χ3v) is 7.17. The molecule has 3 aromatic rings. The number of methoxy groups -OCH3 is 1. The van der Waals surface area contributed by atoms with Crippen LogP contribution in [0.4, 0.5) is 0 Å². The molecule has 1 aliphatic rings. The van der Waals surface area contributed by atoms with E-state index in [9.17, 15) is 9.59 Å². The normalized spacial score (nSPS) is 15.5. The second kappa shape index (κ2) is 10.0. The van der Waals surface area contributed by atoms with Crippen molar-refractivity contribution in [1.29, 1.82) is 0 Å². The van der Waals surface area contributed by atoms with Crippen molar-refractivity contribution in [2.45, 2.75) is 25.1 Å². The van der Waals surface area contributed by atoms with Crippen LogP contribution in [-0.4, -0.2) is 30.5 Å². The summed E-state index contributed by atoms with van der Waals surface area (Å²) < 4.78 is 10.7. The zero-order valence-electron chi connectivity index (χ0n) is 17.3. The van der Waals surface area contributed by atoms with Crippen LogP contribution in [-0.2, 0) is 32.0 Å². The number of ether oxygens (including phenoxy) is 2. The molecule has 2 heterocycles. The van der Waals surface area contributed by atoms with Crippen LogP contribution in [0.2, 0.25) is 10.0 Å². The maximum atomic E-state index is 13.6. The summed E-state index contributed by atoms with van der Waals surface area (Å²) in [6.07, 6.45) is -0.459. The molecule has 32 heavy (non-hydrogen) atoms. The van der Waals surface area contributed by atoms with E-state index in [1.54, 1.807) is 47.7 Å². The van der Waals surface area contributed by atoms with Crippen molar-refractivity contribution < 1.29 is 19.1 Å². The van der Waals surface area contributed by atoms with Gasteiger partial charge in [0.05, 0.1) is 7.11 Å². The summed E-state index contributed by atoms with van der Waals surface area (Å²) in [7, 11) is 1.24. The number of halogens is 2. The molecular weight excluding hydrogens is 469 g/mol. The number of carbonyl (C=O) groups excluding carboxylic acids is 2. The topological polar surface area (TPSA) is 55.8 Å². The Bertz CT molecular complexity index is 1130. The monoisotopic (exact) mass is 489 g/mol. The average molecular weight is 490 g/mol. The van der Waals surface area contributed by atoms with Crippen molar-refractivity contribution in [3.63, 3.8) is 0 Å². The third-order valence-electron chi connectivity index (χ3n) is 5.46. The quantitative estimate of drug-likeness (QED) is 0.421. The molecule has 0 radical (unpaired) electrons. The Morgan fingerprint density at radius 3 is 2.28 bits per heavy atom. The van der Waals surface area contributed by atoms with Crippen LogP contribution in [0, 0.1) is 0 Å². The Kier molecular flexibility index (Phi) is 7.16. The Morgan fingerprint density at radius 1 is 0.969 bits per heavy atom. The number of benzene rings is 2. The average Bonchev–Trinajstić information content (AvgIpc) is 3.27. The van der Waals surface area contributed by atoms with Crippen LogP contribution in [0.3, 0.4) is 0 Å². The van der Waals surface area contributed by atoms with Crippen LogP contribution < -0.4 is 0 Å². The minimum atomic E-state index is -1.28. The summed E-state index contributed by atoms with van der Waals surface area (Å²) in [5.41, 5.74) is 2.17. The van der Waals surface area contributed by atoms with Crippen LogP contribution >= 0.6 is 34.5 Å². The van der Waals surface area contributed by atoms with E-state index >= 15 is 0 Å². The lowest BCUT2D eigenvalue weighted by molar-refractivity contribution is -0.170. The summed E-state index contributed by atoms with van der Waals surface area (Å²) in [5.74, 6) is -1.30. The first-order valence-electron chi connectivity index (χ1n) is 10.1. The van der Waals surface area contributed by atoms with Gasteiger partial charge in [0.2, 0.25) is 6.10 Å². The van der Waals surface area contributed by atoms with Crippen LogP contribution in [0.5, 0.6) is 0 Å². The lowest BCUT2D eigenvalue weighted by Crippen LogP contribution is -2.39. The number of rotatable bonds is 6. The van der Waals surface area contributed by atoms with Crippen LogP contribution in [0.15, 0.2) is 60.0 Å². The van der Waals surface area contributed by atoms with Gasteiger partial charge in [-0.15, -0.1) is 11.3 Å². The van der Waals surface area contributed by atoms with E-state index in [-0.39, 0.29) is 0 Å². The molecule has 1 aromatic heterocycles. The molecule has 0 amide bonds. The lowest BCUT2D eigenvalue weighted by Gasteiger charge is -2.34. The lowest BCUT2D eigenvalue weighted by atomic mass is 10.0. The molecule has 2 atom stereocenters. The van der Waals surface area contributed by atoms with E-state index in [4.69, 9.17) is 32.7 Å². The van der Waals surface area contributed by atoms with E-state index in [0.29, 0.717) is 34.3 Å². The molecule has 0 saturated heterocycles. The number of thiophene rings is 1. The predicted octanol–water partition coefficient (Wildman–Crippen LogP) is 5.61. The molecule has 166 valence electrons. The number of hydrogen-bond donors (Lipinski definition) is 0. The maximum Gasteiger partial charge on any atom is 0.352 e. The number of esters is 2. The zero-order chi connectivity index (χ0) is 22.7. The first-order chi connectivity index (χ1) is 15.5. The van der Waals surface area contributed by atoms with Crippen molar-refractivity contribution in [1.82, 2.24) is 4.90 Å². The molecule has 0 spiro atoms. The SMILES string of the molecule is COC(=O)C(OC(=O)[C@H](c1ccccc1Cl)N1CCc2sccc2C1)c1ccccc1Cl. The second-order valence-electron chi connectivity index (χ2n) is 7.38. The summed E-state index contributed by atoms with van der Waals surface area (Å²) in [6, 6.07) is 15.2. The highest BCUT2D eigenvalue weighted by Crippen LogP contribution is 2.36. The smallest absolute Gasteiger partial charge is 0.352 e. The number of hydrogen-bond acceptors (Lipinski definition) is 6. The van der Waals surface area contributed by atoms with Crippen molar-refractivity contribution >= 4 is 46.5 Å². The highest BCUT2D eigenvalue weighted by Gasteiger charge is 2.37. The maximum absolute atomic E-state index is 13.6. The largest absolute Gasteiger partial charge is 0.466 e. The van der Waals surface area contributed by atoms with Gasteiger partial charge >= 0.3 is 11.9 Å². The Balaban J connectivity index is 1.69. The van der Waals surface area contributed by atoms with E-state index in [2.05, 4.69) is 11.4 Å². The second-order valence-corrected chi connectivity index (χ2v) is 9.19. The highest BCUT2D eigenvalue weighted by molar-refractivity contribution is 7.10. The molecule has 0 saturated carbocycles. The van der Waals surface area contributed by atoms with Gasteiger partial charge in [-0.05, 0) is 41.1 Å². The van der Waals surface area contributed by atoms with Gasteiger partial charge in [0.1, 0.15) is 6.04 Å². The van der Waals surface area contributed by atoms with Gasteiger partial charge in [-0.25, -0.2) is 9.59 Å². The van der Waals surface area contributed by atoms with Gasteiger partial charge in [-0.1, -0.05) is 59.6 Å². The molecule has 2 aromatic carbocycles. The highest BCUT2D eigenvalue weighted by atomic mass is 35.5. The standard InChI is InChI=1S/C24H21Cl2NO4S/c1-30-24(29)22(17-7-3-5-9-19(17)26)31-23(28)21(16-6-2-4-8-18(16)25)27-12-10-20-15(14-27)11-13-32-20/h2-9,11,13,21-22H,10,12,14H2,1H3/t21-,22?/m0/s1. The minimum absolute atomic E-state index is 0.311. The summed E-state index contributed by atoms with van der Waals surface area (Å²) in [6.45, 7) is 1.24. The Labute approximate surface area is 200 Å². The van der Waals surface area contributed by atoms with E-state index in [1.807, 2.05) is 17.0 Å². The van der Waals surface area contributed by atoms with Gasteiger partial charge in [-0.2, -0.15) is 0 Å². The van der Waals surface area contributed by atoms with Crippen LogP contribution in [0.25, 0.3) is 0 Å². The molecule has 5 nitrogen and oxygen atoms in total. The fourth-order valence-corrected chi connectivity index (χ4v) is 5.24. The van der Waals surface area contributed by atoms with Gasteiger partial charge in [0.25, 0.3) is 0 Å². The number of carbonyl (C=O) groups is 2. The number of fused-ring (bicyclic) bond motifs is 1. The summed E-state index contributed by atoms with van der Waals surface area (Å²) >= 11 is 14.5. The van der Waals surface area contributed by atoms with E-state index in [1.165, 1.54) is 17.6 Å². The molecule has 0 N–H and O–H groups in total. The molecule has 0 bridgehead atoms. The molecular formula is C24H21Cl2NO4S. The van der Waals surface area contributed by atoms with E-state index in [0.717, 1.165) is 6.42 Å². The number of nitrogens with zero attached hydrogens (tertiary/aromatic N) is 1. The summed E-state index contributed by atoms with van der Waals surface area (Å²) in [5, 5.41) is 2.82. The molecule has 4 rings (SSSR count). The molecule has 0 aliphatic carbocycles. The predicted molar refractivity (Wildman–Crippen MR) is 125 cm³/mol. The Hall–Kier alpha value is -2.38. The first kappa shape index (κ1) is 22.8. The fraction of sp³-hybridized carbons (Fsp3) is 0.250. The minimum Gasteiger partial charge on any atom is -0.466 e. The van der Waals surface area contributed by atoms with E-state index < -0.39 is 24.1 Å². The summed E-state index contributed by atoms with van der Waals surface area (Å²) in [4.78, 5) is 29.5. The van der Waals surface area contributed by atoms with Crippen molar-refractivity contribution in [2.75, 3.05) is 13.7 Å². The molecule has 8 heteroatoms. The van der Waals surface area contributed by atoms with Gasteiger partial charge in [0, 0.05) is 33.6 Å². The third kappa shape index (κ3) is 4.69. The van der Waals surface area contributed by atoms with Crippen molar-refractivity contribution in [3.8, 4) is 0 Å². The molecule has 0 fully saturated rings. The van der Waals surface area contributed by atoms with Gasteiger partial charge in [0.15, 0.2) is 0 Å². The van der Waals surface area contributed by atoms with Gasteiger partial charge < -0.3 is 9.47 Å². The van der Waals surface area contributed by atoms with Crippen molar-refractivity contribution in [2.24, 2.45) is 0 Å². The zero-order valence-corrected chi connectivity index (χ0v) is 19.6.